The van der Waals surface area contributed by atoms with Crippen LogP contribution in [0.3, 0.4) is 0 Å². The predicted octanol–water partition coefficient (Wildman–Crippen LogP) is 2.22. The number of nitrogens with zero attached hydrogens (tertiary/aromatic N) is 1. The van der Waals surface area contributed by atoms with Crippen LogP contribution in [0.25, 0.3) is 0 Å². The molecule has 0 aliphatic carbocycles. The van der Waals surface area contributed by atoms with Gasteiger partial charge in [-0.15, -0.1) is 11.3 Å². The average molecular weight is 240 g/mol. The number of hydrogen-bond acceptors (Lipinski definition) is 3. The Labute approximate surface area is 101 Å². The molecule has 1 heterocycles. The third-order valence-electron chi connectivity index (χ3n) is 2.34. The lowest BCUT2D eigenvalue weighted by Crippen LogP contribution is -2.52. The highest BCUT2D eigenvalue weighted by Crippen LogP contribution is 2.16. The molecule has 0 aliphatic rings. The molecule has 3 nitrogen and oxygen atoms in total. The molecular formula is C12H20N2OS. The molecule has 2 N–H and O–H groups in total. The second-order valence-electron chi connectivity index (χ2n) is 4.83. The smallest absolute Gasteiger partial charge is 0.242 e. The number of thiophene rings is 1. The zero-order valence-electron chi connectivity index (χ0n) is 10.4. The van der Waals surface area contributed by atoms with Crippen LogP contribution in [0.1, 0.15) is 32.6 Å². The van der Waals surface area contributed by atoms with Gasteiger partial charge in [-0.2, -0.15) is 0 Å². The van der Waals surface area contributed by atoms with E-state index < -0.39 is 5.54 Å². The maximum atomic E-state index is 12.1. The van der Waals surface area contributed by atoms with Crippen molar-refractivity contribution in [3.05, 3.63) is 22.4 Å². The Balaban J connectivity index is 2.80. The van der Waals surface area contributed by atoms with Gasteiger partial charge >= 0.3 is 0 Å². The predicted molar refractivity (Wildman–Crippen MR) is 68.3 cm³/mol. The van der Waals surface area contributed by atoms with Crippen molar-refractivity contribution in [2.45, 2.75) is 45.8 Å². The van der Waals surface area contributed by atoms with Crippen molar-refractivity contribution < 1.29 is 4.79 Å². The Morgan fingerprint density at radius 1 is 1.56 bits per heavy atom. The summed E-state index contributed by atoms with van der Waals surface area (Å²) in [5.74, 6) is -0.00380. The largest absolute Gasteiger partial charge is 0.334 e. The summed E-state index contributed by atoms with van der Waals surface area (Å²) in [4.78, 5) is 15.1. The van der Waals surface area contributed by atoms with E-state index in [-0.39, 0.29) is 11.9 Å². The zero-order chi connectivity index (χ0) is 12.3. The van der Waals surface area contributed by atoms with Gasteiger partial charge < -0.3 is 10.6 Å². The van der Waals surface area contributed by atoms with E-state index in [1.807, 2.05) is 36.3 Å². The van der Waals surface area contributed by atoms with Gasteiger partial charge in [0.2, 0.25) is 5.91 Å². The fraction of sp³-hybridized carbons (Fsp3) is 0.583. The van der Waals surface area contributed by atoms with Crippen molar-refractivity contribution in [3.63, 3.8) is 0 Å². The van der Waals surface area contributed by atoms with E-state index >= 15 is 0 Å². The maximum Gasteiger partial charge on any atom is 0.242 e. The van der Waals surface area contributed by atoms with Crippen LogP contribution < -0.4 is 5.73 Å². The molecule has 4 heteroatoms. The van der Waals surface area contributed by atoms with E-state index in [2.05, 4.69) is 0 Å². The zero-order valence-corrected chi connectivity index (χ0v) is 11.2. The molecule has 1 rings (SSSR count). The van der Waals surface area contributed by atoms with E-state index in [0.29, 0.717) is 6.54 Å². The molecule has 0 radical (unpaired) electrons. The standard InChI is InChI=1S/C12H20N2OS/c1-9(2)14(11(15)12(3,4)13)8-10-6-5-7-16-10/h5-7,9H,8,13H2,1-4H3. The molecule has 0 spiro atoms. The summed E-state index contributed by atoms with van der Waals surface area (Å²) in [5.41, 5.74) is 5.05. The quantitative estimate of drug-likeness (QED) is 0.877. The molecule has 90 valence electrons. The summed E-state index contributed by atoms with van der Waals surface area (Å²) in [6.07, 6.45) is 0. The van der Waals surface area contributed by atoms with E-state index in [1.165, 1.54) is 4.88 Å². The maximum absolute atomic E-state index is 12.1. The van der Waals surface area contributed by atoms with Gasteiger partial charge in [0.25, 0.3) is 0 Å². The van der Waals surface area contributed by atoms with Gasteiger partial charge in [0.1, 0.15) is 0 Å². The van der Waals surface area contributed by atoms with Crippen LogP contribution in [0.2, 0.25) is 0 Å². The van der Waals surface area contributed by atoms with Crippen molar-refractivity contribution in [3.8, 4) is 0 Å². The number of rotatable bonds is 4. The van der Waals surface area contributed by atoms with Crippen molar-refractivity contribution in [1.29, 1.82) is 0 Å². The second-order valence-corrected chi connectivity index (χ2v) is 5.86. The number of nitrogens with two attached hydrogens (primary N) is 1. The van der Waals surface area contributed by atoms with Gasteiger partial charge in [-0.05, 0) is 39.1 Å². The summed E-state index contributed by atoms with van der Waals surface area (Å²) in [6, 6.07) is 4.20. The van der Waals surface area contributed by atoms with Crippen LogP contribution in [-0.4, -0.2) is 22.4 Å². The third-order valence-corrected chi connectivity index (χ3v) is 3.20. The minimum atomic E-state index is -0.804. The number of hydrogen-bond donors (Lipinski definition) is 1. The van der Waals surface area contributed by atoms with E-state index in [9.17, 15) is 4.79 Å². The Bertz CT molecular complexity index is 338. The molecule has 0 aliphatic heterocycles. The Kier molecular flexibility index (Phi) is 4.10. The van der Waals surface area contributed by atoms with Crippen LogP contribution in [0.5, 0.6) is 0 Å². The highest BCUT2D eigenvalue weighted by Gasteiger charge is 2.29. The van der Waals surface area contributed by atoms with Crippen molar-refractivity contribution in [2.75, 3.05) is 0 Å². The fourth-order valence-corrected chi connectivity index (χ4v) is 2.13. The molecule has 0 aromatic carbocycles. The van der Waals surface area contributed by atoms with Gasteiger partial charge in [0.15, 0.2) is 0 Å². The van der Waals surface area contributed by atoms with E-state index in [4.69, 9.17) is 5.73 Å². The number of carbonyl (C=O) groups excluding carboxylic acids is 1. The van der Waals surface area contributed by atoms with Gasteiger partial charge in [0.05, 0.1) is 12.1 Å². The molecule has 0 saturated carbocycles. The Hall–Kier alpha value is -0.870. The first-order valence-corrected chi connectivity index (χ1v) is 6.32. The molecule has 0 bridgehead atoms. The first-order valence-electron chi connectivity index (χ1n) is 5.44. The monoisotopic (exact) mass is 240 g/mol. The Morgan fingerprint density at radius 2 is 2.19 bits per heavy atom. The summed E-state index contributed by atoms with van der Waals surface area (Å²) in [7, 11) is 0. The second kappa shape index (κ2) is 4.97. The van der Waals surface area contributed by atoms with E-state index in [0.717, 1.165) is 0 Å². The lowest BCUT2D eigenvalue weighted by molar-refractivity contribution is -0.138. The van der Waals surface area contributed by atoms with Crippen LogP contribution in [0.15, 0.2) is 17.5 Å². The highest BCUT2D eigenvalue weighted by molar-refractivity contribution is 7.09. The third kappa shape index (κ3) is 3.32. The molecule has 0 saturated heterocycles. The van der Waals surface area contributed by atoms with Crippen molar-refractivity contribution in [1.82, 2.24) is 4.90 Å². The summed E-state index contributed by atoms with van der Waals surface area (Å²) < 4.78 is 0. The molecule has 0 atom stereocenters. The van der Waals surface area contributed by atoms with Gasteiger partial charge in [-0.1, -0.05) is 6.07 Å². The first-order chi connectivity index (χ1) is 7.32. The molecule has 1 aromatic rings. The Morgan fingerprint density at radius 3 is 2.56 bits per heavy atom. The number of carbonyl (C=O) groups is 1. The SMILES string of the molecule is CC(C)N(Cc1cccs1)C(=O)C(C)(C)N. The summed E-state index contributed by atoms with van der Waals surface area (Å²) in [5, 5.41) is 2.02. The fourth-order valence-electron chi connectivity index (χ4n) is 1.43. The summed E-state index contributed by atoms with van der Waals surface area (Å²) >= 11 is 1.66. The van der Waals surface area contributed by atoms with Crippen LogP contribution in [0, 0.1) is 0 Å². The van der Waals surface area contributed by atoms with Crippen LogP contribution in [-0.2, 0) is 11.3 Å². The van der Waals surface area contributed by atoms with Crippen LogP contribution >= 0.6 is 11.3 Å². The lowest BCUT2D eigenvalue weighted by Gasteiger charge is -2.32. The van der Waals surface area contributed by atoms with Crippen molar-refractivity contribution >= 4 is 17.2 Å². The molecule has 0 fully saturated rings. The van der Waals surface area contributed by atoms with Gasteiger partial charge in [-0.3, -0.25) is 4.79 Å². The topological polar surface area (TPSA) is 46.3 Å². The highest BCUT2D eigenvalue weighted by atomic mass is 32.1. The first kappa shape index (κ1) is 13.2. The molecule has 16 heavy (non-hydrogen) atoms. The van der Waals surface area contributed by atoms with Gasteiger partial charge in [0, 0.05) is 10.9 Å². The normalized spacial score (nSPS) is 11.9. The van der Waals surface area contributed by atoms with E-state index in [1.54, 1.807) is 25.2 Å². The van der Waals surface area contributed by atoms with Gasteiger partial charge in [-0.25, -0.2) is 0 Å². The molecule has 1 amide bonds. The average Bonchev–Trinajstić information content (AvgIpc) is 2.63. The molecule has 1 aromatic heterocycles. The number of amides is 1. The molecular weight excluding hydrogens is 220 g/mol. The van der Waals surface area contributed by atoms with Crippen molar-refractivity contribution in [2.24, 2.45) is 5.73 Å². The molecule has 0 unspecified atom stereocenters. The lowest BCUT2D eigenvalue weighted by atomic mass is 10.0. The minimum Gasteiger partial charge on any atom is -0.334 e. The minimum absolute atomic E-state index is 0.00380. The summed E-state index contributed by atoms with van der Waals surface area (Å²) in [6.45, 7) is 8.17. The van der Waals surface area contributed by atoms with Crippen LogP contribution in [0.4, 0.5) is 0 Å².